The standard InChI is InChI=1S/C14H17N5O2S/c1-11-15-7-9-19(11)8-3-6-18-22(20,21)13-10-17-14-12(13)4-2-5-16-14/h2,4-5,7,9-10,18H,3,6,8H2,1H3,(H,16,17). The minimum atomic E-state index is -3.54. The lowest BCUT2D eigenvalue weighted by molar-refractivity contribution is 0.568. The molecule has 3 aromatic heterocycles. The molecule has 0 bridgehead atoms. The second-order valence-electron chi connectivity index (χ2n) is 4.97. The van der Waals surface area contributed by atoms with Gasteiger partial charge in [-0.2, -0.15) is 0 Å². The lowest BCUT2D eigenvalue weighted by Gasteiger charge is -2.07. The molecule has 3 aromatic rings. The molecule has 0 aliphatic carbocycles. The third kappa shape index (κ3) is 2.88. The van der Waals surface area contributed by atoms with E-state index < -0.39 is 10.0 Å². The van der Waals surface area contributed by atoms with Crippen molar-refractivity contribution in [2.24, 2.45) is 0 Å². The molecule has 0 spiro atoms. The molecular weight excluding hydrogens is 302 g/mol. The third-order valence-corrected chi connectivity index (χ3v) is 5.00. The van der Waals surface area contributed by atoms with Crippen molar-refractivity contribution in [1.29, 1.82) is 0 Å². The highest BCUT2D eigenvalue weighted by atomic mass is 32.2. The summed E-state index contributed by atoms with van der Waals surface area (Å²) in [5.74, 6) is 0.922. The summed E-state index contributed by atoms with van der Waals surface area (Å²) in [6.07, 6.45) is 7.40. The quantitative estimate of drug-likeness (QED) is 0.672. The molecule has 0 radical (unpaired) electrons. The van der Waals surface area contributed by atoms with E-state index in [1.165, 1.54) is 6.20 Å². The number of H-pyrrole nitrogens is 1. The molecule has 2 N–H and O–H groups in total. The molecule has 0 unspecified atom stereocenters. The maximum Gasteiger partial charge on any atom is 0.242 e. The number of aromatic nitrogens is 4. The van der Waals surface area contributed by atoms with Crippen molar-refractivity contribution in [2.75, 3.05) is 6.54 Å². The van der Waals surface area contributed by atoms with Gasteiger partial charge in [0, 0.05) is 43.3 Å². The van der Waals surface area contributed by atoms with E-state index >= 15 is 0 Å². The van der Waals surface area contributed by atoms with Gasteiger partial charge in [0.15, 0.2) is 0 Å². The first-order valence-corrected chi connectivity index (χ1v) is 8.46. The zero-order valence-corrected chi connectivity index (χ0v) is 13.0. The van der Waals surface area contributed by atoms with Crippen molar-refractivity contribution in [1.82, 2.24) is 24.2 Å². The van der Waals surface area contributed by atoms with Crippen molar-refractivity contribution >= 4 is 21.1 Å². The molecule has 0 atom stereocenters. The number of sulfonamides is 1. The number of hydrogen-bond donors (Lipinski definition) is 2. The van der Waals surface area contributed by atoms with E-state index in [-0.39, 0.29) is 4.90 Å². The Morgan fingerprint density at radius 3 is 2.95 bits per heavy atom. The third-order valence-electron chi connectivity index (χ3n) is 3.49. The summed E-state index contributed by atoms with van der Waals surface area (Å²) in [5, 5.41) is 0.598. The predicted octanol–water partition coefficient (Wildman–Crippen LogP) is 1.44. The first-order chi connectivity index (χ1) is 10.6. The van der Waals surface area contributed by atoms with Crippen LogP contribution < -0.4 is 4.72 Å². The van der Waals surface area contributed by atoms with Crippen LogP contribution in [0.25, 0.3) is 11.0 Å². The smallest absolute Gasteiger partial charge is 0.242 e. The maximum absolute atomic E-state index is 12.4. The summed E-state index contributed by atoms with van der Waals surface area (Å²) in [5.41, 5.74) is 0.567. The number of pyridine rings is 1. The SMILES string of the molecule is Cc1nccn1CCCNS(=O)(=O)c1c[nH]c2ncccc12. The summed E-state index contributed by atoms with van der Waals surface area (Å²) in [4.78, 5) is 11.3. The van der Waals surface area contributed by atoms with Crippen LogP contribution in [-0.4, -0.2) is 34.5 Å². The Hall–Kier alpha value is -2.19. The van der Waals surface area contributed by atoms with Gasteiger partial charge in [-0.3, -0.25) is 0 Å². The molecule has 3 rings (SSSR count). The Bertz CT molecular complexity index is 881. The molecule has 22 heavy (non-hydrogen) atoms. The van der Waals surface area contributed by atoms with Gasteiger partial charge in [0.2, 0.25) is 10.0 Å². The number of aryl methyl sites for hydroxylation is 2. The van der Waals surface area contributed by atoms with Crippen LogP contribution in [0.1, 0.15) is 12.2 Å². The Balaban J connectivity index is 1.65. The fraction of sp³-hybridized carbons (Fsp3) is 0.286. The van der Waals surface area contributed by atoms with Crippen LogP contribution in [0.3, 0.4) is 0 Å². The van der Waals surface area contributed by atoms with E-state index in [1.54, 1.807) is 24.5 Å². The fourth-order valence-electron chi connectivity index (χ4n) is 2.33. The molecule has 0 aromatic carbocycles. The summed E-state index contributed by atoms with van der Waals surface area (Å²) in [7, 11) is -3.54. The second-order valence-corrected chi connectivity index (χ2v) is 6.71. The van der Waals surface area contributed by atoms with E-state index in [4.69, 9.17) is 0 Å². The lowest BCUT2D eigenvalue weighted by atomic mass is 10.3. The summed E-state index contributed by atoms with van der Waals surface area (Å²) >= 11 is 0. The van der Waals surface area contributed by atoms with E-state index in [9.17, 15) is 8.42 Å². The van der Waals surface area contributed by atoms with Gasteiger partial charge < -0.3 is 9.55 Å². The number of rotatable bonds is 6. The first-order valence-electron chi connectivity index (χ1n) is 6.97. The fourth-order valence-corrected chi connectivity index (χ4v) is 3.56. The second kappa shape index (κ2) is 5.90. The summed E-state index contributed by atoms with van der Waals surface area (Å²) < 4.78 is 29.3. The monoisotopic (exact) mass is 319 g/mol. The molecule has 7 nitrogen and oxygen atoms in total. The van der Waals surface area contributed by atoms with Gasteiger partial charge in [0.05, 0.1) is 0 Å². The van der Waals surface area contributed by atoms with Gasteiger partial charge >= 0.3 is 0 Å². The minimum Gasteiger partial charge on any atom is -0.345 e. The maximum atomic E-state index is 12.4. The van der Waals surface area contributed by atoms with Crippen LogP contribution in [0.15, 0.2) is 41.8 Å². The van der Waals surface area contributed by atoms with Crippen molar-refractivity contribution in [2.45, 2.75) is 24.8 Å². The molecule has 0 saturated carbocycles. The zero-order chi connectivity index (χ0) is 15.6. The molecule has 0 aliphatic heterocycles. The van der Waals surface area contributed by atoms with Gasteiger partial charge in [0.1, 0.15) is 16.4 Å². The van der Waals surface area contributed by atoms with Crippen LogP contribution in [0, 0.1) is 6.92 Å². The molecular formula is C14H17N5O2S. The van der Waals surface area contributed by atoms with Gasteiger partial charge in [-0.1, -0.05) is 0 Å². The van der Waals surface area contributed by atoms with E-state index in [1.807, 2.05) is 17.7 Å². The molecule has 3 heterocycles. The highest BCUT2D eigenvalue weighted by Crippen LogP contribution is 2.20. The molecule has 0 amide bonds. The Labute approximate surface area is 128 Å². The summed E-state index contributed by atoms with van der Waals surface area (Å²) in [6, 6.07) is 3.46. The van der Waals surface area contributed by atoms with Crippen LogP contribution in [0.4, 0.5) is 0 Å². The van der Waals surface area contributed by atoms with Crippen LogP contribution in [-0.2, 0) is 16.6 Å². The topological polar surface area (TPSA) is 92.7 Å². The Kier molecular flexibility index (Phi) is 3.95. The summed E-state index contributed by atoms with van der Waals surface area (Å²) in [6.45, 7) is 3.01. The van der Waals surface area contributed by atoms with Crippen molar-refractivity contribution in [3.8, 4) is 0 Å². The van der Waals surface area contributed by atoms with Crippen LogP contribution in [0.2, 0.25) is 0 Å². The Morgan fingerprint density at radius 2 is 2.18 bits per heavy atom. The first kappa shape index (κ1) is 14.7. The normalized spacial score (nSPS) is 12.0. The lowest BCUT2D eigenvalue weighted by Crippen LogP contribution is -2.25. The molecule has 0 aliphatic rings. The van der Waals surface area contributed by atoms with E-state index in [2.05, 4.69) is 19.7 Å². The van der Waals surface area contributed by atoms with Gasteiger partial charge in [-0.15, -0.1) is 0 Å². The van der Waals surface area contributed by atoms with Crippen molar-refractivity contribution < 1.29 is 8.42 Å². The number of hydrogen-bond acceptors (Lipinski definition) is 4. The van der Waals surface area contributed by atoms with Gasteiger partial charge in [-0.25, -0.2) is 23.1 Å². The van der Waals surface area contributed by atoms with Gasteiger partial charge in [0.25, 0.3) is 0 Å². The van der Waals surface area contributed by atoms with E-state index in [0.29, 0.717) is 24.0 Å². The molecule has 0 saturated heterocycles. The average Bonchev–Trinajstić information content (AvgIpc) is 3.10. The van der Waals surface area contributed by atoms with Crippen LogP contribution in [0.5, 0.6) is 0 Å². The van der Waals surface area contributed by atoms with Crippen molar-refractivity contribution in [3.63, 3.8) is 0 Å². The molecule has 116 valence electrons. The van der Waals surface area contributed by atoms with E-state index in [0.717, 1.165) is 12.4 Å². The number of nitrogens with one attached hydrogen (secondary N) is 2. The van der Waals surface area contributed by atoms with Crippen LogP contribution >= 0.6 is 0 Å². The number of fused-ring (bicyclic) bond motifs is 1. The largest absolute Gasteiger partial charge is 0.345 e. The Morgan fingerprint density at radius 1 is 1.32 bits per heavy atom. The van der Waals surface area contributed by atoms with Gasteiger partial charge in [-0.05, 0) is 25.5 Å². The minimum absolute atomic E-state index is 0.231. The zero-order valence-electron chi connectivity index (χ0n) is 12.2. The highest BCUT2D eigenvalue weighted by Gasteiger charge is 2.18. The average molecular weight is 319 g/mol. The predicted molar refractivity (Wildman–Crippen MR) is 82.9 cm³/mol. The van der Waals surface area contributed by atoms with Crippen molar-refractivity contribution in [3.05, 3.63) is 42.7 Å². The number of imidazole rings is 1. The number of aromatic amines is 1. The molecule has 8 heteroatoms. The highest BCUT2D eigenvalue weighted by molar-refractivity contribution is 7.89. The molecule has 0 fully saturated rings. The number of nitrogens with zero attached hydrogens (tertiary/aromatic N) is 3.